The molecule has 18 nitrogen and oxygen atoms in total. The number of carbonyl (C=O) groups excluding carboxylic acids is 2. The molecular weight excluding hydrogens is 679 g/mol. The molecule has 0 saturated carbocycles. The summed E-state index contributed by atoms with van der Waals surface area (Å²) >= 11 is 0.919. The molecule has 0 unspecified atom stereocenters. The number of hydroxylamine groups is 2. The lowest BCUT2D eigenvalue weighted by Gasteiger charge is -2.51. The number of hydrogen-bond donors (Lipinski definition) is 4. The Kier molecular flexibility index (Phi) is 10.4. The number of carboxylic acids is 1. The van der Waals surface area contributed by atoms with Crippen molar-refractivity contribution in [2.24, 2.45) is 17.9 Å². The van der Waals surface area contributed by atoms with Crippen molar-refractivity contribution in [2.45, 2.75) is 50.9 Å². The maximum Gasteiger partial charge on any atom is 0.354 e. The fraction of sp³-hybridized carbons (Fsp3) is 0.407. The van der Waals surface area contributed by atoms with E-state index in [0.29, 0.717) is 23.7 Å². The summed E-state index contributed by atoms with van der Waals surface area (Å²) in [5.41, 5.74) is 7.66. The van der Waals surface area contributed by atoms with Gasteiger partial charge >= 0.3 is 5.97 Å². The standard InChI is InChI=1S/C27H33FN8O10S2/c1-26(2)21(23(38)36(26)46-48(41,42)43)32-22(37)20(19-13-47-25(30)31-19)33-45-27(3,24(39)40)14-44-16-6-7-17(18(28)10-16)15-11-34(4)35(12-15)9-5-8-29/h6-7,10-13,21H,5,8-9,14,29H2,1-4H3,(H4-,30,31,32,37,39,40,41,42,43)/b33-20-/t21-,27+/m1/s1. The van der Waals surface area contributed by atoms with Crippen LogP contribution in [0.5, 0.6) is 5.75 Å². The van der Waals surface area contributed by atoms with Gasteiger partial charge in [0.2, 0.25) is 16.6 Å². The van der Waals surface area contributed by atoms with E-state index in [1.54, 1.807) is 17.1 Å². The quantitative estimate of drug-likeness (QED) is 0.0393. The van der Waals surface area contributed by atoms with Crippen LogP contribution in [0.1, 0.15) is 32.9 Å². The second-order valence-corrected chi connectivity index (χ2v) is 13.2. The van der Waals surface area contributed by atoms with Gasteiger partial charge in [0.25, 0.3) is 17.4 Å². The molecule has 1 saturated heterocycles. The average molecular weight is 713 g/mol. The molecule has 0 radical (unpaired) electrons. The minimum Gasteiger partial charge on any atom is -0.724 e. The summed E-state index contributed by atoms with van der Waals surface area (Å²) in [6.45, 7) is 4.16. The maximum atomic E-state index is 15.1. The molecule has 3 heterocycles. The van der Waals surface area contributed by atoms with Gasteiger partial charge in [0, 0.05) is 17.0 Å². The van der Waals surface area contributed by atoms with E-state index in [2.05, 4.69) is 19.7 Å². The summed E-state index contributed by atoms with van der Waals surface area (Å²) in [7, 11) is -3.48. The molecule has 0 aliphatic carbocycles. The minimum atomic E-state index is -5.29. The van der Waals surface area contributed by atoms with E-state index in [4.69, 9.17) is 21.0 Å². The molecule has 6 N–H and O–H groups in total. The molecule has 4 rings (SSSR count). The van der Waals surface area contributed by atoms with Gasteiger partial charge in [-0.25, -0.2) is 22.6 Å². The molecular formula is C27H33FN8O10S2. The molecule has 21 heteroatoms. The first-order valence-electron chi connectivity index (χ1n) is 14.1. The molecule has 2 amide bonds. The van der Waals surface area contributed by atoms with E-state index in [1.165, 1.54) is 31.4 Å². The number of β-lactam (4-membered cyclic amide) rings is 1. The number of amides is 2. The van der Waals surface area contributed by atoms with Crippen molar-refractivity contribution in [1.29, 1.82) is 0 Å². The zero-order valence-corrected chi connectivity index (χ0v) is 27.7. The van der Waals surface area contributed by atoms with Crippen LogP contribution in [-0.4, -0.2) is 86.6 Å². The molecule has 1 aliphatic heterocycles. The third-order valence-electron chi connectivity index (χ3n) is 7.27. The number of hydrogen-bond acceptors (Lipinski definition) is 14. The SMILES string of the molecule is C[n+]1cc(-c2ccc(OC[C@](C)(O/N=C(\C(=O)N[C@@H]3C(=O)N(OS(=O)(=O)[O-])C3(C)C)c3csc(N)n3)C(=O)O)cc2F)cn1CCCN. The molecule has 0 spiro atoms. The van der Waals surface area contributed by atoms with Crippen LogP contribution in [0.2, 0.25) is 0 Å². The van der Waals surface area contributed by atoms with Crippen LogP contribution < -0.4 is 26.2 Å². The van der Waals surface area contributed by atoms with Crippen molar-refractivity contribution in [3.8, 4) is 16.9 Å². The number of oxime groups is 1. The molecule has 0 bridgehead atoms. The van der Waals surface area contributed by atoms with E-state index < -0.39 is 63.5 Å². The molecule has 1 aliphatic rings. The van der Waals surface area contributed by atoms with Crippen molar-refractivity contribution >= 4 is 50.4 Å². The van der Waals surface area contributed by atoms with Gasteiger partial charge < -0.3 is 36.0 Å². The van der Waals surface area contributed by atoms with Crippen molar-refractivity contribution in [1.82, 2.24) is 20.0 Å². The molecule has 1 fully saturated rings. The maximum absolute atomic E-state index is 15.1. The Morgan fingerprint density at radius 3 is 2.62 bits per heavy atom. The number of nitrogens with one attached hydrogen (secondary N) is 1. The summed E-state index contributed by atoms with van der Waals surface area (Å²) in [6.07, 6.45) is 4.25. The number of rotatable bonds is 15. The fourth-order valence-corrected chi connectivity index (χ4v) is 5.50. The van der Waals surface area contributed by atoms with Crippen LogP contribution >= 0.6 is 11.3 Å². The van der Waals surface area contributed by atoms with Gasteiger partial charge in [0.05, 0.1) is 23.8 Å². The number of nitrogens with two attached hydrogens (primary N) is 2. The van der Waals surface area contributed by atoms with E-state index in [-0.39, 0.29) is 22.1 Å². The van der Waals surface area contributed by atoms with Crippen molar-refractivity contribution in [3.05, 3.63) is 47.5 Å². The summed E-state index contributed by atoms with van der Waals surface area (Å²) in [5.74, 6) is -4.37. The Bertz CT molecular complexity index is 1860. The lowest BCUT2D eigenvalue weighted by Crippen LogP contribution is -2.76. The number of aryl methyl sites for hydroxylation is 2. The monoisotopic (exact) mass is 712 g/mol. The zero-order chi connectivity index (χ0) is 35.6. The minimum absolute atomic E-state index is 0.0152. The van der Waals surface area contributed by atoms with Gasteiger partial charge in [-0.2, -0.15) is 14.0 Å². The zero-order valence-electron chi connectivity index (χ0n) is 26.1. The molecule has 2 atom stereocenters. The highest BCUT2D eigenvalue weighted by atomic mass is 32.3. The number of nitrogen functional groups attached to an aromatic ring is 1. The largest absolute Gasteiger partial charge is 0.724 e. The first-order valence-corrected chi connectivity index (χ1v) is 16.3. The number of carbonyl (C=O) groups is 3. The average Bonchev–Trinajstić information content (AvgIpc) is 3.60. The summed E-state index contributed by atoms with van der Waals surface area (Å²) in [6, 6.07) is 2.60. The highest BCUT2D eigenvalue weighted by Crippen LogP contribution is 2.33. The Labute approximate surface area is 277 Å². The second kappa shape index (κ2) is 13.8. The summed E-state index contributed by atoms with van der Waals surface area (Å²) in [5, 5.41) is 17.6. The van der Waals surface area contributed by atoms with Crippen LogP contribution in [0.3, 0.4) is 0 Å². The highest BCUT2D eigenvalue weighted by Gasteiger charge is 2.57. The number of carboxylic acid groups (broad SMARTS) is 1. The Balaban J connectivity index is 1.51. The fourth-order valence-electron chi connectivity index (χ4n) is 4.51. The van der Waals surface area contributed by atoms with Crippen LogP contribution in [-0.2, 0) is 47.5 Å². The van der Waals surface area contributed by atoms with Gasteiger partial charge in [-0.15, -0.1) is 16.0 Å². The van der Waals surface area contributed by atoms with Gasteiger partial charge in [-0.1, -0.05) is 5.16 Å². The number of ether oxygens (including phenoxy) is 1. The highest BCUT2D eigenvalue weighted by molar-refractivity contribution is 7.80. The topological polar surface area (TPSA) is 258 Å². The van der Waals surface area contributed by atoms with Crippen LogP contribution in [0, 0.1) is 5.82 Å². The van der Waals surface area contributed by atoms with Gasteiger partial charge in [-0.05, 0) is 45.9 Å². The van der Waals surface area contributed by atoms with E-state index in [9.17, 15) is 32.5 Å². The third kappa shape index (κ3) is 7.87. The number of nitrogens with zero attached hydrogens (tertiary/aromatic N) is 5. The molecule has 3 aromatic rings. The van der Waals surface area contributed by atoms with E-state index in [0.717, 1.165) is 30.7 Å². The number of aliphatic carboxylic acids is 1. The number of halogens is 1. The number of thiazole rings is 1. The molecule has 1 aromatic carbocycles. The van der Waals surface area contributed by atoms with Gasteiger partial charge in [-0.3, -0.25) is 9.59 Å². The first kappa shape index (κ1) is 36.1. The molecule has 48 heavy (non-hydrogen) atoms. The molecule has 260 valence electrons. The van der Waals surface area contributed by atoms with Gasteiger partial charge in [0.1, 0.15) is 29.9 Å². The Hall–Kier alpha value is -4.70. The lowest BCUT2D eigenvalue weighted by atomic mass is 9.84. The van der Waals surface area contributed by atoms with E-state index in [1.807, 2.05) is 11.7 Å². The molecule has 2 aromatic heterocycles. The smallest absolute Gasteiger partial charge is 0.354 e. The predicted molar refractivity (Wildman–Crippen MR) is 164 cm³/mol. The third-order valence-corrected chi connectivity index (χ3v) is 8.27. The van der Waals surface area contributed by atoms with Crippen molar-refractivity contribution in [2.75, 3.05) is 18.9 Å². The van der Waals surface area contributed by atoms with E-state index >= 15 is 4.39 Å². The summed E-state index contributed by atoms with van der Waals surface area (Å²) < 4.78 is 61.6. The summed E-state index contributed by atoms with van der Waals surface area (Å²) in [4.78, 5) is 47.3. The second-order valence-electron chi connectivity index (χ2n) is 11.3. The lowest BCUT2D eigenvalue weighted by molar-refractivity contribution is -0.753. The number of anilines is 1. The van der Waals surface area contributed by atoms with Crippen molar-refractivity contribution in [3.63, 3.8) is 0 Å². The first-order chi connectivity index (χ1) is 22.4. The normalized spacial score (nSPS) is 17.4. The number of aromatic nitrogens is 3. The number of benzene rings is 1. The van der Waals surface area contributed by atoms with Crippen LogP contribution in [0.4, 0.5) is 9.52 Å². The predicted octanol–water partition coefficient (Wildman–Crippen LogP) is -0.353. The Morgan fingerprint density at radius 2 is 2.06 bits per heavy atom. The van der Waals surface area contributed by atoms with Gasteiger partial charge in [0.15, 0.2) is 17.9 Å². The Morgan fingerprint density at radius 1 is 1.35 bits per heavy atom. The van der Waals surface area contributed by atoms with Crippen LogP contribution in [0.25, 0.3) is 11.1 Å². The van der Waals surface area contributed by atoms with Crippen molar-refractivity contribution < 1.29 is 55.4 Å². The van der Waals surface area contributed by atoms with Crippen LogP contribution in [0.15, 0.2) is 41.1 Å².